The van der Waals surface area contributed by atoms with Gasteiger partial charge >= 0.3 is 5.97 Å². The van der Waals surface area contributed by atoms with E-state index in [4.69, 9.17) is 10.8 Å². The lowest BCUT2D eigenvalue weighted by atomic mass is 10.1. The van der Waals surface area contributed by atoms with Crippen LogP contribution < -0.4 is 5.73 Å². The molecule has 0 bridgehead atoms. The number of aryl methyl sites for hydroxylation is 1. The van der Waals surface area contributed by atoms with E-state index in [9.17, 15) is 4.79 Å². The van der Waals surface area contributed by atoms with Crippen molar-refractivity contribution in [2.75, 3.05) is 0 Å². The summed E-state index contributed by atoms with van der Waals surface area (Å²) in [6, 6.07) is -0.904. The molecular formula is C13H24N4O2. The molecule has 1 aromatic heterocycles. The molecule has 0 fully saturated rings. The molecule has 1 unspecified atom stereocenters. The summed E-state index contributed by atoms with van der Waals surface area (Å²) in [4.78, 5) is 10.6. The molecule has 19 heavy (non-hydrogen) atoms. The van der Waals surface area contributed by atoms with Gasteiger partial charge in [-0.3, -0.25) is 9.48 Å². The van der Waals surface area contributed by atoms with E-state index in [1.165, 1.54) is 32.1 Å². The molecular weight excluding hydrogens is 244 g/mol. The summed E-state index contributed by atoms with van der Waals surface area (Å²) in [6.45, 7) is 3.04. The Bertz CT molecular complexity index is 378. The Morgan fingerprint density at radius 3 is 2.74 bits per heavy atom. The minimum Gasteiger partial charge on any atom is -0.480 e. The molecule has 0 aliphatic heterocycles. The number of carboxylic acid groups (broad SMARTS) is 1. The highest BCUT2D eigenvalue weighted by atomic mass is 16.4. The Hall–Kier alpha value is -1.43. The van der Waals surface area contributed by atoms with Crippen molar-refractivity contribution in [2.45, 2.75) is 64.5 Å². The molecule has 1 aromatic rings. The molecule has 6 heteroatoms. The second-order valence-electron chi connectivity index (χ2n) is 4.89. The van der Waals surface area contributed by atoms with E-state index in [-0.39, 0.29) is 6.42 Å². The van der Waals surface area contributed by atoms with Gasteiger partial charge in [-0.1, -0.05) is 44.2 Å². The fourth-order valence-corrected chi connectivity index (χ4v) is 1.91. The first-order valence-electron chi connectivity index (χ1n) is 7.01. The Morgan fingerprint density at radius 2 is 2.05 bits per heavy atom. The summed E-state index contributed by atoms with van der Waals surface area (Å²) in [5.41, 5.74) is 6.09. The Morgan fingerprint density at radius 1 is 1.37 bits per heavy atom. The van der Waals surface area contributed by atoms with Crippen LogP contribution in [0.15, 0.2) is 6.20 Å². The lowest BCUT2D eigenvalue weighted by Gasteiger charge is -2.02. The number of nitrogens with two attached hydrogens (primary N) is 1. The van der Waals surface area contributed by atoms with Crippen LogP contribution in [0.4, 0.5) is 0 Å². The van der Waals surface area contributed by atoms with Crippen LogP contribution in [0.25, 0.3) is 0 Å². The van der Waals surface area contributed by atoms with Gasteiger partial charge in [-0.25, -0.2) is 0 Å². The summed E-state index contributed by atoms with van der Waals surface area (Å²) < 4.78 is 1.77. The van der Waals surface area contributed by atoms with Gasteiger partial charge in [-0.2, -0.15) is 0 Å². The van der Waals surface area contributed by atoms with Gasteiger partial charge in [-0.05, 0) is 6.42 Å². The summed E-state index contributed by atoms with van der Waals surface area (Å²) in [6.07, 6.45) is 9.42. The van der Waals surface area contributed by atoms with Crippen LogP contribution >= 0.6 is 0 Å². The molecule has 0 saturated heterocycles. The highest BCUT2D eigenvalue weighted by molar-refractivity contribution is 5.73. The average Bonchev–Trinajstić information content (AvgIpc) is 2.81. The van der Waals surface area contributed by atoms with E-state index in [0.717, 1.165) is 13.0 Å². The number of carboxylic acids is 1. The zero-order chi connectivity index (χ0) is 14.1. The zero-order valence-corrected chi connectivity index (χ0v) is 11.6. The lowest BCUT2D eigenvalue weighted by Crippen LogP contribution is -2.32. The van der Waals surface area contributed by atoms with Gasteiger partial charge in [-0.15, -0.1) is 5.10 Å². The van der Waals surface area contributed by atoms with E-state index in [1.54, 1.807) is 10.9 Å². The van der Waals surface area contributed by atoms with Crippen molar-refractivity contribution in [3.63, 3.8) is 0 Å². The van der Waals surface area contributed by atoms with Crippen LogP contribution in [-0.2, 0) is 17.8 Å². The lowest BCUT2D eigenvalue weighted by molar-refractivity contribution is -0.138. The molecule has 1 heterocycles. The number of carbonyl (C=O) groups is 1. The second kappa shape index (κ2) is 8.63. The monoisotopic (exact) mass is 268 g/mol. The van der Waals surface area contributed by atoms with E-state index >= 15 is 0 Å². The van der Waals surface area contributed by atoms with Gasteiger partial charge in [0, 0.05) is 19.2 Å². The molecule has 108 valence electrons. The SMILES string of the molecule is CCCCCCCCn1cc(CC(N)C(=O)O)nn1. The van der Waals surface area contributed by atoms with Crippen LogP contribution in [0, 0.1) is 0 Å². The molecule has 6 nitrogen and oxygen atoms in total. The maximum absolute atomic E-state index is 10.6. The Balaban J connectivity index is 2.21. The molecule has 3 N–H and O–H groups in total. The molecule has 0 aliphatic rings. The maximum atomic E-state index is 10.6. The molecule has 0 radical (unpaired) electrons. The van der Waals surface area contributed by atoms with Crippen molar-refractivity contribution >= 4 is 5.97 Å². The van der Waals surface area contributed by atoms with Gasteiger partial charge in [0.25, 0.3) is 0 Å². The van der Waals surface area contributed by atoms with E-state index < -0.39 is 12.0 Å². The quantitative estimate of drug-likeness (QED) is 0.628. The topological polar surface area (TPSA) is 94.0 Å². The van der Waals surface area contributed by atoms with E-state index in [1.807, 2.05) is 0 Å². The predicted molar refractivity (Wildman–Crippen MR) is 72.7 cm³/mol. The van der Waals surface area contributed by atoms with Crippen molar-refractivity contribution in [3.05, 3.63) is 11.9 Å². The fraction of sp³-hybridized carbons (Fsp3) is 0.769. The van der Waals surface area contributed by atoms with Gasteiger partial charge in [0.15, 0.2) is 0 Å². The minimum absolute atomic E-state index is 0.228. The first kappa shape index (κ1) is 15.6. The predicted octanol–water partition coefficient (Wildman–Crippen LogP) is 1.59. The maximum Gasteiger partial charge on any atom is 0.320 e. The third-order valence-electron chi connectivity index (χ3n) is 3.07. The molecule has 0 saturated carbocycles. The van der Waals surface area contributed by atoms with Crippen molar-refractivity contribution in [1.82, 2.24) is 15.0 Å². The first-order chi connectivity index (χ1) is 9.13. The molecule has 1 atom stereocenters. The molecule has 0 aliphatic carbocycles. The van der Waals surface area contributed by atoms with Gasteiger partial charge in [0.1, 0.15) is 6.04 Å². The van der Waals surface area contributed by atoms with Crippen molar-refractivity contribution in [1.29, 1.82) is 0 Å². The summed E-state index contributed by atoms with van der Waals surface area (Å²) in [7, 11) is 0. The van der Waals surface area contributed by atoms with Gasteiger partial charge in [0.05, 0.1) is 5.69 Å². The Labute approximate surface area is 114 Å². The van der Waals surface area contributed by atoms with Gasteiger partial charge < -0.3 is 10.8 Å². The number of aliphatic carboxylic acids is 1. The molecule has 0 spiro atoms. The Kier molecular flexibility index (Phi) is 7.10. The summed E-state index contributed by atoms with van der Waals surface area (Å²) >= 11 is 0. The summed E-state index contributed by atoms with van der Waals surface area (Å²) in [5.74, 6) is -1.01. The first-order valence-corrected chi connectivity index (χ1v) is 7.01. The number of hydrogen-bond donors (Lipinski definition) is 2. The molecule has 1 rings (SSSR count). The van der Waals surface area contributed by atoms with Crippen molar-refractivity contribution in [3.8, 4) is 0 Å². The van der Waals surface area contributed by atoms with E-state index in [0.29, 0.717) is 5.69 Å². The van der Waals surface area contributed by atoms with Crippen LogP contribution in [0.2, 0.25) is 0 Å². The van der Waals surface area contributed by atoms with E-state index in [2.05, 4.69) is 17.2 Å². The fourth-order valence-electron chi connectivity index (χ4n) is 1.91. The number of unbranched alkanes of at least 4 members (excludes halogenated alkanes) is 5. The van der Waals surface area contributed by atoms with Crippen LogP contribution in [0.1, 0.15) is 51.1 Å². The zero-order valence-electron chi connectivity index (χ0n) is 11.6. The van der Waals surface area contributed by atoms with Crippen LogP contribution in [0.5, 0.6) is 0 Å². The molecule has 0 aromatic carbocycles. The van der Waals surface area contributed by atoms with Crippen molar-refractivity contribution < 1.29 is 9.90 Å². The van der Waals surface area contributed by atoms with Crippen LogP contribution in [-0.4, -0.2) is 32.1 Å². The average molecular weight is 268 g/mol. The third kappa shape index (κ3) is 6.33. The standard InChI is InChI=1S/C13H24N4O2/c1-2-3-4-5-6-7-8-17-10-11(15-16-17)9-12(14)13(18)19/h10,12H,2-9,14H2,1H3,(H,18,19). The normalized spacial score (nSPS) is 12.5. The molecule has 0 amide bonds. The van der Waals surface area contributed by atoms with Crippen LogP contribution in [0.3, 0.4) is 0 Å². The summed E-state index contributed by atoms with van der Waals surface area (Å²) in [5, 5.41) is 16.6. The van der Waals surface area contributed by atoms with Crippen molar-refractivity contribution in [2.24, 2.45) is 5.73 Å². The highest BCUT2D eigenvalue weighted by Gasteiger charge is 2.14. The number of rotatable bonds is 10. The minimum atomic E-state index is -1.01. The largest absolute Gasteiger partial charge is 0.480 e. The second-order valence-corrected chi connectivity index (χ2v) is 4.89. The van der Waals surface area contributed by atoms with Gasteiger partial charge in [0.2, 0.25) is 0 Å². The number of hydrogen-bond acceptors (Lipinski definition) is 4. The highest BCUT2D eigenvalue weighted by Crippen LogP contribution is 2.06. The number of nitrogens with zero attached hydrogens (tertiary/aromatic N) is 3. The smallest absolute Gasteiger partial charge is 0.320 e. The number of aromatic nitrogens is 3. The third-order valence-corrected chi connectivity index (χ3v) is 3.07.